The number of rotatable bonds is 9. The predicted molar refractivity (Wildman–Crippen MR) is 93.0 cm³/mol. The molecule has 0 fully saturated rings. The number of ether oxygens (including phenoxy) is 1. The number of carboxylic acids is 1. The van der Waals surface area contributed by atoms with Crippen LogP contribution in [-0.4, -0.2) is 17.7 Å². The summed E-state index contributed by atoms with van der Waals surface area (Å²) in [5.41, 5.74) is -0.638. The van der Waals surface area contributed by atoms with Gasteiger partial charge in [-0.1, -0.05) is 38.7 Å². The SMILES string of the molecule is CCCCCCCOc1ccc(-c2ccc(C(=O)O)c(F)c2)c(F)c1F. The van der Waals surface area contributed by atoms with Crippen molar-refractivity contribution in [2.75, 3.05) is 6.61 Å². The molecule has 0 aliphatic heterocycles. The van der Waals surface area contributed by atoms with Gasteiger partial charge in [-0.3, -0.25) is 0 Å². The summed E-state index contributed by atoms with van der Waals surface area (Å²) in [7, 11) is 0. The van der Waals surface area contributed by atoms with Crippen LogP contribution in [0.25, 0.3) is 11.1 Å². The second-order valence-corrected chi connectivity index (χ2v) is 6.00. The standard InChI is InChI=1S/C20H21F3O3/c1-2-3-4-5-6-11-26-17-10-9-14(18(22)19(17)23)13-7-8-15(20(24)25)16(21)12-13/h7-10,12H,2-6,11H2,1H3,(H,24,25). The van der Waals surface area contributed by atoms with Crippen molar-refractivity contribution in [1.29, 1.82) is 0 Å². The summed E-state index contributed by atoms with van der Waals surface area (Å²) in [6, 6.07) is 5.71. The van der Waals surface area contributed by atoms with E-state index in [1.165, 1.54) is 18.2 Å². The fourth-order valence-electron chi connectivity index (χ4n) is 2.61. The number of carboxylic acid groups (broad SMARTS) is 1. The van der Waals surface area contributed by atoms with Gasteiger partial charge in [0.2, 0.25) is 5.82 Å². The van der Waals surface area contributed by atoms with Gasteiger partial charge in [-0.15, -0.1) is 0 Å². The molecule has 1 N–H and O–H groups in total. The molecule has 26 heavy (non-hydrogen) atoms. The lowest BCUT2D eigenvalue weighted by Crippen LogP contribution is -2.03. The first kappa shape index (κ1) is 19.8. The van der Waals surface area contributed by atoms with Crippen LogP contribution in [0.5, 0.6) is 5.75 Å². The Morgan fingerprint density at radius 3 is 2.38 bits per heavy atom. The van der Waals surface area contributed by atoms with Gasteiger partial charge in [-0.25, -0.2) is 13.6 Å². The molecule has 0 aromatic heterocycles. The summed E-state index contributed by atoms with van der Waals surface area (Å²) >= 11 is 0. The second kappa shape index (κ2) is 9.27. The molecule has 0 saturated carbocycles. The number of carbonyl (C=O) groups is 1. The highest BCUT2D eigenvalue weighted by atomic mass is 19.2. The zero-order chi connectivity index (χ0) is 19.1. The first-order valence-corrected chi connectivity index (χ1v) is 8.59. The van der Waals surface area contributed by atoms with Gasteiger partial charge in [0, 0.05) is 5.56 Å². The molecule has 3 nitrogen and oxygen atoms in total. The smallest absolute Gasteiger partial charge is 0.338 e. The molecule has 2 aromatic carbocycles. The van der Waals surface area contributed by atoms with E-state index in [1.807, 2.05) is 0 Å². The van der Waals surface area contributed by atoms with Crippen molar-refractivity contribution in [1.82, 2.24) is 0 Å². The summed E-state index contributed by atoms with van der Waals surface area (Å²) in [6.07, 6.45) is 5.05. The molecule has 0 atom stereocenters. The number of hydrogen-bond acceptors (Lipinski definition) is 2. The van der Waals surface area contributed by atoms with Crippen molar-refractivity contribution >= 4 is 5.97 Å². The van der Waals surface area contributed by atoms with Gasteiger partial charge in [-0.05, 0) is 36.2 Å². The van der Waals surface area contributed by atoms with E-state index in [-0.39, 0.29) is 16.9 Å². The molecule has 0 saturated heterocycles. The molecule has 0 spiro atoms. The average molecular weight is 366 g/mol. The van der Waals surface area contributed by atoms with Gasteiger partial charge in [0.25, 0.3) is 0 Å². The lowest BCUT2D eigenvalue weighted by atomic mass is 10.0. The van der Waals surface area contributed by atoms with Crippen LogP contribution in [0.3, 0.4) is 0 Å². The fraction of sp³-hybridized carbons (Fsp3) is 0.350. The average Bonchev–Trinajstić information content (AvgIpc) is 2.61. The quantitative estimate of drug-likeness (QED) is 0.569. The van der Waals surface area contributed by atoms with Crippen molar-refractivity contribution in [3.05, 3.63) is 53.3 Å². The summed E-state index contributed by atoms with van der Waals surface area (Å²) < 4.78 is 47.6. The van der Waals surface area contributed by atoms with Gasteiger partial charge in [0.1, 0.15) is 5.82 Å². The van der Waals surface area contributed by atoms with Crippen LogP contribution in [-0.2, 0) is 0 Å². The minimum absolute atomic E-state index is 0.0509. The minimum atomic E-state index is -1.43. The minimum Gasteiger partial charge on any atom is -0.490 e. The van der Waals surface area contributed by atoms with E-state index in [2.05, 4.69) is 6.92 Å². The molecule has 2 aromatic rings. The summed E-state index contributed by atoms with van der Waals surface area (Å²) in [6.45, 7) is 2.40. The van der Waals surface area contributed by atoms with Crippen molar-refractivity contribution < 1.29 is 27.8 Å². The van der Waals surface area contributed by atoms with Gasteiger partial charge in [0.15, 0.2) is 11.6 Å². The Balaban J connectivity index is 2.11. The lowest BCUT2D eigenvalue weighted by molar-refractivity contribution is 0.0692. The Labute approximate surface area is 150 Å². The van der Waals surface area contributed by atoms with E-state index >= 15 is 0 Å². The Morgan fingerprint density at radius 1 is 1.00 bits per heavy atom. The number of halogens is 3. The highest BCUT2D eigenvalue weighted by Gasteiger charge is 2.18. The molecule has 0 bridgehead atoms. The largest absolute Gasteiger partial charge is 0.490 e. The molecule has 0 heterocycles. The van der Waals surface area contributed by atoms with E-state index in [9.17, 15) is 18.0 Å². The van der Waals surface area contributed by atoms with Crippen LogP contribution < -0.4 is 4.74 Å². The molecular formula is C20H21F3O3. The van der Waals surface area contributed by atoms with E-state index in [1.54, 1.807) is 0 Å². The maximum atomic E-state index is 14.3. The third kappa shape index (κ3) is 4.77. The maximum absolute atomic E-state index is 14.3. The first-order chi connectivity index (χ1) is 12.5. The number of hydrogen-bond donors (Lipinski definition) is 1. The Morgan fingerprint density at radius 2 is 1.73 bits per heavy atom. The molecular weight excluding hydrogens is 345 g/mol. The maximum Gasteiger partial charge on any atom is 0.338 e. The number of unbranched alkanes of at least 4 members (excludes halogenated alkanes) is 4. The molecule has 0 aliphatic rings. The number of aromatic carboxylic acids is 1. The van der Waals surface area contributed by atoms with E-state index in [0.717, 1.165) is 44.2 Å². The highest BCUT2D eigenvalue weighted by molar-refractivity contribution is 5.88. The zero-order valence-corrected chi connectivity index (χ0v) is 14.5. The van der Waals surface area contributed by atoms with Gasteiger partial charge in [0.05, 0.1) is 12.2 Å². The molecule has 0 aliphatic carbocycles. The van der Waals surface area contributed by atoms with Gasteiger partial charge in [-0.2, -0.15) is 4.39 Å². The van der Waals surface area contributed by atoms with E-state index in [4.69, 9.17) is 9.84 Å². The van der Waals surface area contributed by atoms with Crippen molar-refractivity contribution in [3.8, 4) is 16.9 Å². The summed E-state index contributed by atoms with van der Waals surface area (Å²) in [5, 5.41) is 8.82. The Kier molecular flexibility index (Phi) is 7.06. The monoisotopic (exact) mass is 366 g/mol. The molecule has 6 heteroatoms. The van der Waals surface area contributed by atoms with Crippen LogP contribution in [0.15, 0.2) is 30.3 Å². The van der Waals surface area contributed by atoms with Crippen molar-refractivity contribution in [3.63, 3.8) is 0 Å². The lowest BCUT2D eigenvalue weighted by Gasteiger charge is -2.11. The second-order valence-electron chi connectivity index (χ2n) is 6.00. The molecule has 0 unspecified atom stereocenters. The molecule has 2 rings (SSSR count). The third-order valence-electron chi connectivity index (χ3n) is 4.06. The molecule has 140 valence electrons. The van der Waals surface area contributed by atoms with Crippen LogP contribution in [0.4, 0.5) is 13.2 Å². The molecule has 0 radical (unpaired) electrons. The Hall–Kier alpha value is -2.50. The predicted octanol–water partition coefficient (Wildman–Crippen LogP) is 5.82. The zero-order valence-electron chi connectivity index (χ0n) is 14.5. The van der Waals surface area contributed by atoms with Crippen molar-refractivity contribution in [2.24, 2.45) is 0 Å². The van der Waals surface area contributed by atoms with Gasteiger partial charge < -0.3 is 9.84 Å². The number of benzene rings is 2. The topological polar surface area (TPSA) is 46.5 Å². The van der Waals surface area contributed by atoms with Crippen LogP contribution in [0.2, 0.25) is 0 Å². The van der Waals surface area contributed by atoms with E-state index in [0.29, 0.717) is 6.61 Å². The normalized spacial score (nSPS) is 10.8. The molecule has 0 amide bonds. The summed E-state index contributed by atoms with van der Waals surface area (Å²) in [5.74, 6) is -4.93. The first-order valence-electron chi connectivity index (χ1n) is 8.59. The van der Waals surface area contributed by atoms with Crippen LogP contribution >= 0.6 is 0 Å². The van der Waals surface area contributed by atoms with E-state index < -0.39 is 29.0 Å². The highest BCUT2D eigenvalue weighted by Crippen LogP contribution is 2.31. The fourth-order valence-corrected chi connectivity index (χ4v) is 2.61. The van der Waals surface area contributed by atoms with Crippen molar-refractivity contribution in [2.45, 2.75) is 39.0 Å². The third-order valence-corrected chi connectivity index (χ3v) is 4.06. The van der Waals surface area contributed by atoms with Crippen LogP contribution in [0.1, 0.15) is 49.4 Å². The van der Waals surface area contributed by atoms with Crippen LogP contribution in [0, 0.1) is 17.5 Å². The Bertz CT molecular complexity index is 775. The summed E-state index contributed by atoms with van der Waals surface area (Å²) in [4.78, 5) is 10.8. The van der Waals surface area contributed by atoms with Gasteiger partial charge >= 0.3 is 5.97 Å².